The van der Waals surface area contributed by atoms with Crippen molar-refractivity contribution in [1.29, 1.82) is 0 Å². The van der Waals surface area contributed by atoms with Crippen molar-refractivity contribution in [3.63, 3.8) is 0 Å². The molecule has 0 spiro atoms. The van der Waals surface area contributed by atoms with Crippen LogP contribution < -0.4 is 55.4 Å². The van der Waals surface area contributed by atoms with E-state index < -0.39 is 65.4 Å². The van der Waals surface area contributed by atoms with Crippen LogP contribution in [0.2, 0.25) is 0 Å². The van der Waals surface area contributed by atoms with Crippen LogP contribution in [-0.2, 0) is 27.1 Å². The van der Waals surface area contributed by atoms with Crippen molar-refractivity contribution < 1.29 is 46.6 Å². The predicted molar refractivity (Wildman–Crippen MR) is 116 cm³/mol. The molecule has 2 unspecified atom stereocenters. The van der Waals surface area contributed by atoms with E-state index in [0.29, 0.717) is 0 Å². The summed E-state index contributed by atoms with van der Waals surface area (Å²) in [6.45, 7) is 1.42. The van der Waals surface area contributed by atoms with Gasteiger partial charge in [-0.2, -0.15) is 0 Å². The number of azide groups is 1. The van der Waals surface area contributed by atoms with Gasteiger partial charge in [0, 0.05) is 29.3 Å². The Morgan fingerprint density at radius 2 is 1.74 bits per heavy atom. The average Bonchev–Trinajstić information content (AvgIpc) is 2.96. The molecule has 2 rings (SSSR count). The third kappa shape index (κ3) is 11.2. The highest BCUT2D eigenvalue weighted by Crippen LogP contribution is 2.60. The zero-order valence-electron chi connectivity index (χ0n) is 19.5. The van der Waals surface area contributed by atoms with Gasteiger partial charge in [0.25, 0.3) is 13.4 Å². The number of hydrogen-bond donors (Lipinski definition) is 5. The zero-order valence-corrected chi connectivity index (χ0v) is 22.1. The standard InChI is InChI=1S/C11H18N5O12P3.4H3N/c1-6-5-16(11(18)13-10(6)17)9-4-7(14-15-12)8(26-9)2-3-29(19,20)27-31(24,25)28-30(21,22)23;;;;/h5,7-9H,2-4H2,1H3,(H,19,20)(H,24,25)(H,13,17,18)(H2,21,22,23);4*1H3/t7-,8+,9+;;;;/m0..../s1. The Morgan fingerprint density at radius 3 is 2.26 bits per heavy atom. The molecule has 1 aromatic rings. The van der Waals surface area contributed by atoms with Crippen LogP contribution in [0.25, 0.3) is 10.4 Å². The van der Waals surface area contributed by atoms with E-state index in [2.05, 4.69) is 18.6 Å². The molecule has 0 aliphatic carbocycles. The lowest BCUT2D eigenvalue weighted by Gasteiger charge is -2.38. The quantitative estimate of drug-likeness (QED) is 0.109. The second kappa shape index (κ2) is 14.1. The molecule has 0 bridgehead atoms. The molecule has 1 aliphatic rings. The Balaban J connectivity index is -0.00000256. The van der Waals surface area contributed by atoms with Gasteiger partial charge >= 0.3 is 5.69 Å². The number of quaternary nitrogens is 4. The van der Waals surface area contributed by atoms with E-state index in [1.165, 1.54) is 13.1 Å². The molecule has 5 atom stereocenters. The van der Waals surface area contributed by atoms with Crippen LogP contribution in [0.5, 0.6) is 0 Å². The lowest BCUT2D eigenvalue weighted by Crippen LogP contribution is -2.33. The first kappa shape index (κ1) is 37.8. The van der Waals surface area contributed by atoms with Crippen molar-refractivity contribution in [1.82, 2.24) is 34.2 Å². The molecule has 1 saturated heterocycles. The molecule has 1 aromatic heterocycles. The van der Waals surface area contributed by atoms with E-state index in [0.717, 1.165) is 4.57 Å². The Bertz CT molecular complexity index is 1140. The van der Waals surface area contributed by atoms with E-state index in [-0.39, 0.29) is 36.6 Å². The van der Waals surface area contributed by atoms with Crippen LogP contribution in [0.15, 0.2) is 20.9 Å². The zero-order chi connectivity index (χ0) is 23.6. The van der Waals surface area contributed by atoms with Gasteiger partial charge in [-0.05, 0) is 18.9 Å². The van der Waals surface area contributed by atoms with Crippen LogP contribution in [0.4, 0.5) is 0 Å². The van der Waals surface area contributed by atoms with Crippen molar-refractivity contribution in [2.24, 2.45) is 5.11 Å². The van der Waals surface area contributed by atoms with E-state index in [1.54, 1.807) is 0 Å². The molecule has 1 fully saturated rings. The minimum absolute atomic E-state index is 0. The van der Waals surface area contributed by atoms with E-state index in [4.69, 9.17) is 10.3 Å². The SMILES string of the molecule is Cc1cn([C@H]2C[C@H](N=[N+]=[N-])[C@@H](CCP(=O)([O-])OP(=O)([O-])OP(=O)([O-])[O-])O2)c(=O)[nH]c1=O.[NH4+].[NH4+].[NH4+].[NH4+]. The third-order valence-corrected chi connectivity index (χ3v) is 8.17. The number of nitrogens with zero attached hydrogens (tertiary/aromatic N) is 4. The van der Waals surface area contributed by atoms with Crippen LogP contribution in [0.3, 0.4) is 0 Å². The number of ether oxygens (including phenoxy) is 1. The highest BCUT2D eigenvalue weighted by Gasteiger charge is 2.37. The van der Waals surface area contributed by atoms with Gasteiger partial charge < -0.3 is 58.0 Å². The molecule has 0 amide bonds. The fourth-order valence-corrected chi connectivity index (χ4v) is 6.23. The van der Waals surface area contributed by atoms with Gasteiger partial charge in [0.15, 0.2) is 0 Å². The summed E-state index contributed by atoms with van der Waals surface area (Å²) >= 11 is 0. The van der Waals surface area contributed by atoms with Gasteiger partial charge in [0.1, 0.15) is 13.8 Å². The summed E-state index contributed by atoms with van der Waals surface area (Å²) in [6.07, 6.45) is -2.59. The number of aromatic nitrogens is 2. The fraction of sp³-hybridized carbons (Fsp3) is 0.636. The number of H-pyrrole nitrogens is 1. The lowest BCUT2D eigenvalue weighted by atomic mass is 10.1. The fourth-order valence-electron chi connectivity index (χ4n) is 2.75. The molecule has 0 saturated carbocycles. The minimum atomic E-state index is -6.08. The molecule has 35 heavy (non-hydrogen) atoms. The number of aromatic amines is 1. The second-order valence-corrected chi connectivity index (χ2v) is 11.1. The van der Waals surface area contributed by atoms with Gasteiger partial charge in [-0.3, -0.25) is 27.5 Å². The maximum absolute atomic E-state index is 12.0. The Labute approximate surface area is 197 Å². The summed E-state index contributed by atoms with van der Waals surface area (Å²) in [5.74, 6) is 0. The Morgan fingerprint density at radius 1 is 1.17 bits per heavy atom. The van der Waals surface area contributed by atoms with E-state index in [1.807, 2.05) is 4.98 Å². The maximum atomic E-state index is 12.0. The van der Waals surface area contributed by atoms with Crippen LogP contribution >= 0.6 is 23.2 Å². The molecule has 24 heteroatoms. The summed E-state index contributed by atoms with van der Waals surface area (Å²) in [5.41, 5.74) is 7.40. The largest absolute Gasteiger partial charge is 0.790 e. The Hall–Kier alpha value is -1.76. The number of rotatable bonds is 9. The molecule has 2 heterocycles. The summed E-state index contributed by atoms with van der Waals surface area (Å²) in [4.78, 5) is 71.9. The summed E-state index contributed by atoms with van der Waals surface area (Å²) in [6, 6.07) is -0.979. The lowest BCUT2D eigenvalue weighted by molar-refractivity contribution is -0.339. The smallest absolute Gasteiger partial charge is 0.330 e. The highest BCUT2D eigenvalue weighted by molar-refractivity contribution is 7.66. The number of aryl methyl sites for hydroxylation is 1. The first-order valence-corrected chi connectivity index (χ1v) is 12.8. The molecule has 206 valence electrons. The van der Waals surface area contributed by atoms with Crippen molar-refractivity contribution in [2.45, 2.75) is 38.1 Å². The van der Waals surface area contributed by atoms with Crippen molar-refractivity contribution in [2.75, 3.05) is 6.16 Å². The third-order valence-electron chi connectivity index (χ3n) is 3.97. The summed E-state index contributed by atoms with van der Waals surface area (Å²) in [7, 11) is -17.4. The predicted octanol–water partition coefficient (Wildman–Crippen LogP) is -0.410. The van der Waals surface area contributed by atoms with Crippen molar-refractivity contribution >= 4 is 23.2 Å². The minimum Gasteiger partial charge on any atom is -0.790 e. The summed E-state index contributed by atoms with van der Waals surface area (Å²) < 4.78 is 46.7. The second-order valence-electron chi connectivity index (χ2n) is 6.30. The number of hydrogen-bond acceptors (Lipinski definition) is 13. The van der Waals surface area contributed by atoms with Crippen LogP contribution in [0, 0.1) is 6.92 Å². The van der Waals surface area contributed by atoms with E-state index >= 15 is 0 Å². The normalized spacial score (nSPS) is 22.5. The number of nitrogens with one attached hydrogen (secondary N) is 1. The van der Waals surface area contributed by atoms with Crippen molar-refractivity contribution in [3.8, 4) is 0 Å². The first-order chi connectivity index (χ1) is 14.1. The number of phosphoric acid groups is 2. The first-order valence-electron chi connectivity index (χ1n) is 8.20. The summed E-state index contributed by atoms with van der Waals surface area (Å²) in [5, 5.41) is 3.45. The van der Waals surface area contributed by atoms with Gasteiger partial charge in [0.2, 0.25) is 0 Å². The van der Waals surface area contributed by atoms with E-state index in [9.17, 15) is 42.9 Å². The van der Waals surface area contributed by atoms with Crippen LogP contribution in [0.1, 0.15) is 24.6 Å². The molecule has 21 nitrogen and oxygen atoms in total. The molecule has 0 aromatic carbocycles. The van der Waals surface area contributed by atoms with Gasteiger partial charge in [0.05, 0.1) is 20.0 Å². The molecular weight excluding hydrogens is 543 g/mol. The van der Waals surface area contributed by atoms with Gasteiger partial charge in [-0.1, -0.05) is 5.11 Å². The maximum Gasteiger partial charge on any atom is 0.330 e. The molecule has 1 aliphatic heterocycles. The molecule has 17 N–H and O–H groups in total. The van der Waals surface area contributed by atoms with Gasteiger partial charge in [-0.25, -0.2) is 4.79 Å². The van der Waals surface area contributed by atoms with Gasteiger partial charge in [-0.15, -0.1) is 0 Å². The van der Waals surface area contributed by atoms with Crippen molar-refractivity contribution in [3.05, 3.63) is 43.0 Å². The van der Waals surface area contributed by atoms with Crippen LogP contribution in [-0.4, -0.2) is 27.9 Å². The molecule has 0 radical (unpaired) electrons. The topological polar surface area (TPSA) is 421 Å². The monoisotopic (exact) mass is 573 g/mol. The Kier molecular flexibility index (Phi) is 15.2. The molecular formula is C11H30N9O12P3. The highest BCUT2D eigenvalue weighted by atomic mass is 31.3. The average molecular weight is 573 g/mol.